The molecule has 0 aliphatic rings. The van der Waals surface area contributed by atoms with Crippen molar-refractivity contribution < 1.29 is 9.53 Å². The number of thiazole rings is 1. The highest BCUT2D eigenvalue weighted by atomic mass is 32.1. The summed E-state index contributed by atoms with van der Waals surface area (Å²) in [6.07, 6.45) is 2.03. The van der Waals surface area contributed by atoms with E-state index < -0.39 is 0 Å². The lowest BCUT2D eigenvalue weighted by Gasteiger charge is -2.12. The van der Waals surface area contributed by atoms with Crippen LogP contribution in [-0.4, -0.2) is 23.6 Å². The van der Waals surface area contributed by atoms with Crippen LogP contribution in [0, 0.1) is 6.92 Å². The molecule has 3 N–H and O–H groups in total. The summed E-state index contributed by atoms with van der Waals surface area (Å²) in [7, 11) is 0. The number of hydrogen-bond donors (Lipinski definition) is 2. The molecule has 1 heterocycles. The minimum Gasteiger partial charge on any atom is -0.378 e. The first-order valence-corrected chi connectivity index (χ1v) is 6.51. The summed E-state index contributed by atoms with van der Waals surface area (Å²) in [6.45, 7) is 4.62. The fraction of sp³-hybridized carbons (Fsp3) is 0.636. The third kappa shape index (κ3) is 5.25. The highest BCUT2D eigenvalue weighted by Crippen LogP contribution is 2.13. The molecule has 0 saturated heterocycles. The van der Waals surface area contributed by atoms with Gasteiger partial charge in [0.25, 0.3) is 0 Å². The summed E-state index contributed by atoms with van der Waals surface area (Å²) in [5, 5.41) is 0. The van der Waals surface area contributed by atoms with Crippen molar-refractivity contribution in [3.05, 3.63) is 16.1 Å². The van der Waals surface area contributed by atoms with E-state index in [0.717, 1.165) is 12.1 Å². The van der Waals surface area contributed by atoms with Crippen LogP contribution in [0.25, 0.3) is 0 Å². The molecule has 5 nitrogen and oxygen atoms in total. The Balaban J connectivity index is 2.14. The normalized spacial score (nSPS) is 12.4. The average molecular weight is 257 g/mol. The quantitative estimate of drug-likeness (QED) is 0.437. The SMILES string of the molecule is Cc1ncsc1CCOC(C)CCC(=O)NN. The first-order valence-electron chi connectivity index (χ1n) is 5.63. The molecule has 0 saturated carbocycles. The number of amides is 1. The van der Waals surface area contributed by atoms with E-state index in [4.69, 9.17) is 10.6 Å². The summed E-state index contributed by atoms with van der Waals surface area (Å²) in [5.74, 6) is 4.84. The zero-order chi connectivity index (χ0) is 12.7. The molecule has 96 valence electrons. The number of carbonyl (C=O) groups is 1. The van der Waals surface area contributed by atoms with Crippen molar-refractivity contribution in [1.29, 1.82) is 0 Å². The van der Waals surface area contributed by atoms with Gasteiger partial charge in [-0.25, -0.2) is 10.8 Å². The lowest BCUT2D eigenvalue weighted by Crippen LogP contribution is -2.30. The van der Waals surface area contributed by atoms with Gasteiger partial charge in [-0.05, 0) is 20.3 Å². The lowest BCUT2D eigenvalue weighted by molar-refractivity contribution is -0.121. The zero-order valence-corrected chi connectivity index (χ0v) is 11.0. The molecule has 1 amide bonds. The fourth-order valence-electron chi connectivity index (χ4n) is 1.41. The molecule has 0 radical (unpaired) electrons. The number of nitrogens with two attached hydrogens (primary N) is 1. The number of rotatable bonds is 7. The first kappa shape index (κ1) is 14.1. The highest BCUT2D eigenvalue weighted by molar-refractivity contribution is 7.09. The van der Waals surface area contributed by atoms with Crippen LogP contribution in [0.2, 0.25) is 0 Å². The predicted molar refractivity (Wildman–Crippen MR) is 67.5 cm³/mol. The highest BCUT2D eigenvalue weighted by Gasteiger charge is 2.07. The van der Waals surface area contributed by atoms with Crippen LogP contribution < -0.4 is 11.3 Å². The Morgan fingerprint density at radius 3 is 3.06 bits per heavy atom. The van der Waals surface area contributed by atoms with E-state index in [1.807, 2.05) is 19.4 Å². The lowest BCUT2D eigenvalue weighted by atomic mass is 10.2. The maximum absolute atomic E-state index is 10.9. The van der Waals surface area contributed by atoms with Gasteiger partial charge in [0.2, 0.25) is 5.91 Å². The van der Waals surface area contributed by atoms with E-state index >= 15 is 0 Å². The molecule has 1 atom stereocenters. The number of aryl methyl sites for hydroxylation is 1. The van der Waals surface area contributed by atoms with Gasteiger partial charge in [0.05, 0.1) is 23.9 Å². The van der Waals surface area contributed by atoms with Crippen LogP contribution in [0.3, 0.4) is 0 Å². The molecular weight excluding hydrogens is 238 g/mol. The van der Waals surface area contributed by atoms with Crippen LogP contribution >= 0.6 is 11.3 Å². The largest absolute Gasteiger partial charge is 0.378 e. The van der Waals surface area contributed by atoms with Crippen molar-refractivity contribution in [3.8, 4) is 0 Å². The number of hydrazine groups is 1. The third-order valence-corrected chi connectivity index (χ3v) is 3.51. The van der Waals surface area contributed by atoms with Crippen molar-refractivity contribution >= 4 is 17.2 Å². The molecule has 0 spiro atoms. The minimum absolute atomic E-state index is 0.0699. The second-order valence-corrected chi connectivity index (χ2v) is 4.84. The maximum Gasteiger partial charge on any atom is 0.233 e. The van der Waals surface area contributed by atoms with Crippen LogP contribution in [-0.2, 0) is 16.0 Å². The van der Waals surface area contributed by atoms with Crippen LogP contribution in [0.5, 0.6) is 0 Å². The van der Waals surface area contributed by atoms with Gasteiger partial charge in [-0.15, -0.1) is 11.3 Å². The van der Waals surface area contributed by atoms with E-state index in [9.17, 15) is 4.79 Å². The van der Waals surface area contributed by atoms with E-state index in [2.05, 4.69) is 10.4 Å². The maximum atomic E-state index is 10.9. The van der Waals surface area contributed by atoms with Gasteiger partial charge in [0.1, 0.15) is 0 Å². The Kier molecular flexibility index (Phi) is 6.10. The van der Waals surface area contributed by atoms with Gasteiger partial charge in [0.15, 0.2) is 0 Å². The molecule has 0 bridgehead atoms. The Labute approximate surface area is 105 Å². The smallest absolute Gasteiger partial charge is 0.233 e. The van der Waals surface area contributed by atoms with E-state index in [1.54, 1.807) is 11.3 Å². The van der Waals surface area contributed by atoms with Crippen molar-refractivity contribution in [2.45, 2.75) is 39.2 Å². The van der Waals surface area contributed by atoms with Gasteiger partial charge in [-0.2, -0.15) is 0 Å². The average Bonchev–Trinajstić information content (AvgIpc) is 2.72. The topological polar surface area (TPSA) is 77.2 Å². The van der Waals surface area contributed by atoms with Gasteiger partial charge < -0.3 is 4.74 Å². The van der Waals surface area contributed by atoms with Gasteiger partial charge in [-0.3, -0.25) is 10.2 Å². The number of nitrogens with one attached hydrogen (secondary N) is 1. The van der Waals surface area contributed by atoms with Crippen LogP contribution in [0.4, 0.5) is 0 Å². The molecule has 0 aliphatic heterocycles. The summed E-state index contributed by atoms with van der Waals surface area (Å²) < 4.78 is 5.62. The van der Waals surface area contributed by atoms with Gasteiger partial charge in [0, 0.05) is 17.7 Å². The monoisotopic (exact) mass is 257 g/mol. The first-order chi connectivity index (χ1) is 8.13. The van der Waals surface area contributed by atoms with Crippen molar-refractivity contribution in [3.63, 3.8) is 0 Å². The second-order valence-electron chi connectivity index (χ2n) is 3.90. The molecule has 6 heteroatoms. The minimum atomic E-state index is -0.154. The predicted octanol–water partition coefficient (Wildman–Crippen LogP) is 1.17. The molecule has 1 aromatic heterocycles. The number of carbonyl (C=O) groups excluding carboxylic acids is 1. The number of ether oxygens (including phenoxy) is 1. The van der Waals surface area contributed by atoms with E-state index in [-0.39, 0.29) is 12.0 Å². The summed E-state index contributed by atoms with van der Waals surface area (Å²) in [4.78, 5) is 16.4. The number of hydrogen-bond acceptors (Lipinski definition) is 5. The van der Waals surface area contributed by atoms with Gasteiger partial charge in [-0.1, -0.05) is 0 Å². The van der Waals surface area contributed by atoms with Crippen molar-refractivity contribution in [2.24, 2.45) is 5.84 Å². The zero-order valence-electron chi connectivity index (χ0n) is 10.2. The molecule has 1 rings (SSSR count). The molecule has 0 fully saturated rings. The Morgan fingerprint density at radius 2 is 2.47 bits per heavy atom. The molecule has 1 unspecified atom stereocenters. The van der Waals surface area contributed by atoms with E-state index in [0.29, 0.717) is 19.4 Å². The summed E-state index contributed by atoms with van der Waals surface area (Å²) >= 11 is 1.65. The standard InChI is InChI=1S/C11H19N3O2S/c1-8(3-4-11(15)14-12)16-6-5-10-9(2)13-7-17-10/h7-8H,3-6,12H2,1-2H3,(H,14,15). The Morgan fingerprint density at radius 1 is 1.71 bits per heavy atom. The van der Waals surface area contributed by atoms with Crippen LogP contribution in [0.1, 0.15) is 30.3 Å². The number of nitrogens with zero attached hydrogens (tertiary/aromatic N) is 1. The summed E-state index contributed by atoms with van der Waals surface area (Å²) in [5.41, 5.74) is 5.03. The van der Waals surface area contributed by atoms with Crippen LogP contribution in [0.15, 0.2) is 5.51 Å². The molecule has 17 heavy (non-hydrogen) atoms. The van der Waals surface area contributed by atoms with Crippen molar-refractivity contribution in [1.82, 2.24) is 10.4 Å². The molecule has 0 aromatic carbocycles. The second kappa shape index (κ2) is 7.37. The third-order valence-electron chi connectivity index (χ3n) is 2.52. The molecular formula is C11H19N3O2S. The Bertz CT molecular complexity index is 354. The molecule has 0 aliphatic carbocycles. The molecule has 1 aromatic rings. The number of aromatic nitrogens is 1. The van der Waals surface area contributed by atoms with E-state index in [1.165, 1.54) is 4.88 Å². The van der Waals surface area contributed by atoms with Crippen molar-refractivity contribution in [2.75, 3.05) is 6.61 Å². The Hall–Kier alpha value is -0.980. The van der Waals surface area contributed by atoms with Gasteiger partial charge >= 0.3 is 0 Å². The fourth-order valence-corrected chi connectivity index (χ4v) is 2.17. The summed E-state index contributed by atoms with van der Waals surface area (Å²) in [6, 6.07) is 0.